The number of ether oxygens (including phenoxy) is 1. The Labute approximate surface area is 192 Å². The van der Waals surface area contributed by atoms with E-state index in [2.05, 4.69) is 41.0 Å². The Morgan fingerprint density at radius 3 is 2.22 bits per heavy atom. The molecule has 0 saturated carbocycles. The third kappa shape index (κ3) is 5.70. The Bertz CT molecular complexity index is 1180. The molecule has 10 heteroatoms. The summed E-state index contributed by atoms with van der Waals surface area (Å²) in [4.78, 5) is 12.6. The highest BCUT2D eigenvalue weighted by molar-refractivity contribution is 7.89. The van der Waals surface area contributed by atoms with Crippen molar-refractivity contribution in [3.8, 4) is 16.3 Å². The van der Waals surface area contributed by atoms with Crippen LogP contribution in [-0.2, 0) is 20.2 Å². The molecule has 2 N–H and O–H groups in total. The molecule has 1 atom stereocenters. The summed E-state index contributed by atoms with van der Waals surface area (Å²) in [7, 11) is -2.27. The molecule has 2 aromatic carbocycles. The maximum absolute atomic E-state index is 12.7. The number of anilines is 1. The molecule has 1 unspecified atom stereocenters. The van der Waals surface area contributed by atoms with Gasteiger partial charge in [-0.1, -0.05) is 44.2 Å². The van der Waals surface area contributed by atoms with Crippen molar-refractivity contribution in [2.24, 2.45) is 0 Å². The van der Waals surface area contributed by atoms with Crippen LogP contribution in [0.3, 0.4) is 0 Å². The number of carbonyl (C=O) groups is 1. The fraction of sp³-hybridized carbons (Fsp3) is 0.318. The number of sulfonamides is 1. The van der Waals surface area contributed by atoms with Crippen molar-refractivity contribution in [3.63, 3.8) is 0 Å². The van der Waals surface area contributed by atoms with Gasteiger partial charge in [0.2, 0.25) is 21.1 Å². The molecule has 0 aliphatic carbocycles. The number of benzene rings is 2. The van der Waals surface area contributed by atoms with Crippen molar-refractivity contribution in [2.75, 3.05) is 12.4 Å². The van der Waals surface area contributed by atoms with Gasteiger partial charge in [-0.15, -0.1) is 10.2 Å². The van der Waals surface area contributed by atoms with Crippen molar-refractivity contribution in [1.29, 1.82) is 0 Å². The lowest BCUT2D eigenvalue weighted by atomic mass is 9.87. The van der Waals surface area contributed by atoms with Crippen LogP contribution in [0.4, 0.5) is 5.13 Å². The number of nitrogens with one attached hydrogen (secondary N) is 2. The molecule has 3 rings (SSSR count). The average molecular weight is 475 g/mol. The summed E-state index contributed by atoms with van der Waals surface area (Å²) in [5, 5.41) is 11.6. The SMILES string of the molecule is COc1ccc(-c2nnc(NC(=O)C(C)NS(=O)(=O)c3ccc(C(C)(C)C)cc3)s2)cc1. The van der Waals surface area contributed by atoms with E-state index in [1.54, 1.807) is 43.5 Å². The highest BCUT2D eigenvalue weighted by Gasteiger charge is 2.24. The molecular formula is C22H26N4O4S2. The number of aromatic nitrogens is 2. The molecule has 1 amide bonds. The molecule has 0 saturated heterocycles. The summed E-state index contributed by atoms with van der Waals surface area (Å²) in [6.07, 6.45) is 0. The first-order valence-corrected chi connectivity index (χ1v) is 12.2. The molecule has 3 aromatic rings. The predicted molar refractivity (Wildman–Crippen MR) is 125 cm³/mol. The second kappa shape index (κ2) is 9.35. The van der Waals surface area contributed by atoms with Crippen molar-refractivity contribution in [3.05, 3.63) is 54.1 Å². The number of hydrogen-bond acceptors (Lipinski definition) is 7. The van der Waals surface area contributed by atoms with Gasteiger partial charge in [-0.3, -0.25) is 10.1 Å². The number of hydrogen-bond donors (Lipinski definition) is 2. The van der Waals surface area contributed by atoms with E-state index in [9.17, 15) is 13.2 Å². The van der Waals surface area contributed by atoms with E-state index in [-0.39, 0.29) is 15.4 Å². The maximum atomic E-state index is 12.7. The second-order valence-electron chi connectivity index (χ2n) is 8.25. The van der Waals surface area contributed by atoms with Gasteiger partial charge in [0.1, 0.15) is 10.8 Å². The number of carbonyl (C=O) groups excluding carboxylic acids is 1. The maximum Gasteiger partial charge on any atom is 0.244 e. The van der Waals surface area contributed by atoms with E-state index in [1.807, 2.05) is 12.1 Å². The van der Waals surface area contributed by atoms with E-state index in [0.717, 1.165) is 16.9 Å². The smallest absolute Gasteiger partial charge is 0.244 e. The minimum Gasteiger partial charge on any atom is -0.497 e. The third-order valence-corrected chi connectivity index (χ3v) is 7.19. The topological polar surface area (TPSA) is 110 Å². The number of amides is 1. The van der Waals surface area contributed by atoms with Crippen LogP contribution in [0.1, 0.15) is 33.3 Å². The minimum atomic E-state index is -3.86. The van der Waals surface area contributed by atoms with Gasteiger partial charge in [0.25, 0.3) is 0 Å². The standard InChI is InChI=1S/C22H26N4O4S2/c1-14(26-32(28,29)18-12-8-16(9-13-18)22(2,3)4)19(27)23-21-25-24-20(31-21)15-6-10-17(30-5)11-7-15/h6-14,26H,1-5H3,(H,23,25,27). The molecule has 1 heterocycles. The first-order valence-electron chi connectivity index (χ1n) is 9.91. The Morgan fingerprint density at radius 1 is 1.03 bits per heavy atom. The molecule has 0 aliphatic rings. The summed E-state index contributed by atoms with van der Waals surface area (Å²) in [6.45, 7) is 7.62. The van der Waals surface area contributed by atoms with Crippen molar-refractivity contribution in [1.82, 2.24) is 14.9 Å². The van der Waals surface area contributed by atoms with Crippen LogP contribution < -0.4 is 14.8 Å². The van der Waals surface area contributed by atoms with Gasteiger partial charge in [-0.2, -0.15) is 4.72 Å². The average Bonchev–Trinajstić information content (AvgIpc) is 3.21. The van der Waals surface area contributed by atoms with E-state index in [1.165, 1.54) is 18.3 Å². The van der Waals surface area contributed by atoms with Crippen molar-refractivity contribution in [2.45, 2.75) is 44.0 Å². The van der Waals surface area contributed by atoms with Crippen molar-refractivity contribution < 1.29 is 17.9 Å². The van der Waals surface area contributed by atoms with Gasteiger partial charge in [-0.25, -0.2) is 8.42 Å². The van der Waals surface area contributed by atoms with Crippen LogP contribution in [0.5, 0.6) is 5.75 Å². The zero-order valence-corrected chi connectivity index (χ0v) is 20.2. The van der Waals surface area contributed by atoms with Gasteiger partial charge < -0.3 is 4.74 Å². The van der Waals surface area contributed by atoms with E-state index in [0.29, 0.717) is 5.01 Å². The summed E-state index contributed by atoms with van der Waals surface area (Å²) in [5.41, 5.74) is 1.76. The Balaban J connectivity index is 1.65. The molecule has 1 aromatic heterocycles. The van der Waals surface area contributed by atoms with Crippen LogP contribution in [0.25, 0.3) is 10.6 Å². The lowest BCUT2D eigenvalue weighted by Crippen LogP contribution is -2.41. The Kier molecular flexibility index (Phi) is 6.97. The molecular weight excluding hydrogens is 448 g/mol. The molecule has 0 spiro atoms. The zero-order chi connectivity index (χ0) is 23.5. The van der Waals surface area contributed by atoms with Gasteiger partial charge in [0.15, 0.2) is 0 Å². The highest BCUT2D eigenvalue weighted by Crippen LogP contribution is 2.28. The molecule has 0 bridgehead atoms. The summed E-state index contributed by atoms with van der Waals surface area (Å²) in [5.74, 6) is 0.193. The lowest BCUT2D eigenvalue weighted by Gasteiger charge is -2.19. The van der Waals surface area contributed by atoms with Crippen molar-refractivity contribution >= 4 is 32.4 Å². The van der Waals surface area contributed by atoms with Gasteiger partial charge in [0.05, 0.1) is 18.0 Å². The summed E-state index contributed by atoms with van der Waals surface area (Å²) < 4.78 is 32.9. The monoisotopic (exact) mass is 474 g/mol. The second-order valence-corrected chi connectivity index (χ2v) is 10.9. The van der Waals surface area contributed by atoms with Gasteiger partial charge in [0, 0.05) is 5.56 Å². The molecule has 170 valence electrons. The largest absolute Gasteiger partial charge is 0.497 e. The number of nitrogens with zero attached hydrogens (tertiary/aromatic N) is 2. The van der Waals surface area contributed by atoms with Crippen LogP contribution in [0.2, 0.25) is 0 Å². The normalized spacial score (nSPS) is 12.9. The number of rotatable bonds is 7. The minimum absolute atomic E-state index is 0.0880. The molecule has 8 nitrogen and oxygen atoms in total. The first-order chi connectivity index (χ1) is 15.0. The molecule has 0 aliphatic heterocycles. The first kappa shape index (κ1) is 23.8. The molecule has 32 heavy (non-hydrogen) atoms. The van der Waals surface area contributed by atoms with E-state index >= 15 is 0 Å². The van der Waals surface area contributed by atoms with Crippen LogP contribution in [0, 0.1) is 0 Å². The third-order valence-electron chi connectivity index (χ3n) is 4.75. The predicted octanol–water partition coefficient (Wildman–Crippen LogP) is 3.82. The van der Waals surface area contributed by atoms with Crippen LogP contribution in [0.15, 0.2) is 53.4 Å². The van der Waals surface area contributed by atoms with Crippen LogP contribution >= 0.6 is 11.3 Å². The zero-order valence-electron chi connectivity index (χ0n) is 18.5. The van der Waals surface area contributed by atoms with Crippen LogP contribution in [-0.4, -0.2) is 37.7 Å². The fourth-order valence-electron chi connectivity index (χ4n) is 2.83. The summed E-state index contributed by atoms with van der Waals surface area (Å²) in [6, 6.07) is 12.9. The molecule has 0 fully saturated rings. The van der Waals surface area contributed by atoms with Gasteiger partial charge >= 0.3 is 0 Å². The van der Waals surface area contributed by atoms with Gasteiger partial charge in [-0.05, 0) is 54.3 Å². The quantitative estimate of drug-likeness (QED) is 0.539. The van der Waals surface area contributed by atoms with E-state index < -0.39 is 22.0 Å². The van der Waals surface area contributed by atoms with E-state index in [4.69, 9.17) is 4.74 Å². The summed E-state index contributed by atoms with van der Waals surface area (Å²) >= 11 is 1.19. The highest BCUT2D eigenvalue weighted by atomic mass is 32.2. The lowest BCUT2D eigenvalue weighted by molar-refractivity contribution is -0.117. The number of methoxy groups -OCH3 is 1. The Morgan fingerprint density at radius 2 is 1.66 bits per heavy atom. The molecule has 0 radical (unpaired) electrons. The Hall–Kier alpha value is -2.82. The fourth-order valence-corrected chi connectivity index (χ4v) is 4.78.